The summed E-state index contributed by atoms with van der Waals surface area (Å²) in [4.78, 5) is 21.3. The summed E-state index contributed by atoms with van der Waals surface area (Å²) < 4.78 is 33.5. The van der Waals surface area contributed by atoms with Crippen LogP contribution in [0.3, 0.4) is 0 Å². The van der Waals surface area contributed by atoms with E-state index in [1.165, 1.54) is 11.0 Å². The minimum atomic E-state index is -0.740. The molecule has 5 nitrogen and oxygen atoms in total. The molecule has 4 rings (SSSR count). The van der Waals surface area contributed by atoms with E-state index < -0.39 is 11.6 Å². The molecule has 1 saturated heterocycles. The van der Waals surface area contributed by atoms with Crippen LogP contribution < -0.4 is 4.90 Å². The molecule has 0 bridgehead atoms. The summed E-state index contributed by atoms with van der Waals surface area (Å²) in [7, 11) is 0. The third-order valence-corrected chi connectivity index (χ3v) is 6.17. The maximum absolute atomic E-state index is 14.2. The van der Waals surface area contributed by atoms with Gasteiger partial charge in [0.2, 0.25) is 0 Å². The monoisotopic (exact) mass is 451 g/mol. The molecule has 1 fully saturated rings. The number of benzene rings is 2. The predicted molar refractivity (Wildman–Crippen MR) is 115 cm³/mol. The highest BCUT2D eigenvalue weighted by molar-refractivity contribution is 7.22. The van der Waals surface area contributed by atoms with Gasteiger partial charge in [0.05, 0.1) is 17.9 Å². The molecule has 1 amide bonds. The number of hydrogen-bond acceptors (Lipinski definition) is 5. The molecule has 0 aliphatic carbocycles. The smallest absolute Gasteiger partial charge is 0.260 e. The number of halogens is 3. The van der Waals surface area contributed by atoms with E-state index in [0.717, 1.165) is 37.0 Å². The van der Waals surface area contributed by atoms with Crippen molar-refractivity contribution in [1.82, 2.24) is 9.88 Å². The fourth-order valence-electron chi connectivity index (χ4n) is 3.40. The number of rotatable bonds is 6. The molecular weight excluding hydrogens is 432 g/mol. The summed E-state index contributed by atoms with van der Waals surface area (Å²) in [5, 5.41) is 0.785. The molecule has 158 valence electrons. The Labute approximate surface area is 181 Å². The lowest BCUT2D eigenvalue weighted by molar-refractivity contribution is 0.0376. The van der Waals surface area contributed by atoms with Crippen LogP contribution in [0.5, 0.6) is 0 Å². The van der Waals surface area contributed by atoms with Gasteiger partial charge in [-0.05, 0) is 30.7 Å². The zero-order chi connectivity index (χ0) is 21.1. The van der Waals surface area contributed by atoms with Gasteiger partial charge in [0.1, 0.15) is 11.3 Å². The van der Waals surface area contributed by atoms with Crippen molar-refractivity contribution in [2.75, 3.05) is 44.3 Å². The Morgan fingerprint density at radius 1 is 1.23 bits per heavy atom. The lowest BCUT2D eigenvalue weighted by Crippen LogP contribution is -2.39. The second kappa shape index (κ2) is 9.34. The van der Waals surface area contributed by atoms with Crippen LogP contribution in [0, 0.1) is 11.6 Å². The van der Waals surface area contributed by atoms with Crippen molar-refractivity contribution in [1.29, 1.82) is 0 Å². The SMILES string of the molecule is O=C(c1cccc(Cl)c1)N(CCCN1CCOCC1)c1nc2c(F)cc(F)cc2s1. The molecule has 1 aliphatic heterocycles. The summed E-state index contributed by atoms with van der Waals surface area (Å²) in [6.45, 7) is 4.31. The van der Waals surface area contributed by atoms with E-state index in [9.17, 15) is 13.6 Å². The third-order valence-electron chi connectivity index (χ3n) is 4.91. The van der Waals surface area contributed by atoms with E-state index in [4.69, 9.17) is 16.3 Å². The van der Waals surface area contributed by atoms with Gasteiger partial charge in [-0.3, -0.25) is 14.6 Å². The number of thiazole rings is 1. The number of ether oxygens (including phenoxy) is 1. The van der Waals surface area contributed by atoms with Crippen LogP contribution >= 0.6 is 22.9 Å². The van der Waals surface area contributed by atoms with Gasteiger partial charge in [-0.2, -0.15) is 0 Å². The molecule has 0 spiro atoms. The molecule has 1 aliphatic rings. The van der Waals surface area contributed by atoms with Crippen LogP contribution in [0.2, 0.25) is 5.02 Å². The number of aromatic nitrogens is 1. The topological polar surface area (TPSA) is 45.7 Å². The first kappa shape index (κ1) is 21.1. The van der Waals surface area contributed by atoms with Crippen molar-refractivity contribution in [3.8, 4) is 0 Å². The van der Waals surface area contributed by atoms with Crippen LogP contribution in [0.1, 0.15) is 16.8 Å². The van der Waals surface area contributed by atoms with Crippen LogP contribution in [0.15, 0.2) is 36.4 Å². The molecule has 0 N–H and O–H groups in total. The van der Waals surface area contributed by atoms with Crippen molar-refractivity contribution in [3.05, 3.63) is 58.6 Å². The molecule has 1 aromatic heterocycles. The lowest BCUT2D eigenvalue weighted by Gasteiger charge is -2.27. The van der Waals surface area contributed by atoms with Gasteiger partial charge >= 0.3 is 0 Å². The Kier molecular flexibility index (Phi) is 6.58. The zero-order valence-corrected chi connectivity index (χ0v) is 17.7. The number of hydrogen-bond donors (Lipinski definition) is 0. The molecule has 30 heavy (non-hydrogen) atoms. The highest BCUT2D eigenvalue weighted by Crippen LogP contribution is 2.32. The zero-order valence-electron chi connectivity index (χ0n) is 16.1. The number of carbonyl (C=O) groups excluding carboxylic acids is 1. The largest absolute Gasteiger partial charge is 0.379 e. The first-order valence-corrected chi connectivity index (χ1v) is 10.8. The number of carbonyl (C=O) groups is 1. The summed E-state index contributed by atoms with van der Waals surface area (Å²) in [6, 6.07) is 8.69. The fourth-order valence-corrected chi connectivity index (χ4v) is 4.62. The Hall–Kier alpha value is -2.13. The van der Waals surface area contributed by atoms with Gasteiger partial charge in [0, 0.05) is 42.8 Å². The number of morpholine rings is 1. The van der Waals surface area contributed by atoms with Crippen LogP contribution in [0.4, 0.5) is 13.9 Å². The standard InChI is InChI=1S/C21H20ClF2N3O2S/c22-15-4-1-3-14(11-15)20(28)27(6-2-5-26-7-9-29-10-8-26)21-25-19-17(24)12-16(23)13-18(19)30-21/h1,3-4,11-13H,2,5-10H2. The van der Waals surface area contributed by atoms with Gasteiger partial charge < -0.3 is 4.74 Å². The number of nitrogens with zero attached hydrogens (tertiary/aromatic N) is 3. The van der Waals surface area contributed by atoms with Gasteiger partial charge in [0.15, 0.2) is 10.9 Å². The summed E-state index contributed by atoms with van der Waals surface area (Å²) in [5.41, 5.74) is 0.480. The molecule has 0 radical (unpaired) electrons. The summed E-state index contributed by atoms with van der Waals surface area (Å²) in [6.07, 6.45) is 0.707. The Morgan fingerprint density at radius 3 is 2.80 bits per heavy atom. The highest BCUT2D eigenvalue weighted by atomic mass is 35.5. The van der Waals surface area contributed by atoms with E-state index in [1.807, 2.05) is 0 Å². The summed E-state index contributed by atoms with van der Waals surface area (Å²) in [5.74, 6) is -1.69. The van der Waals surface area contributed by atoms with Crippen LogP contribution in [0.25, 0.3) is 10.2 Å². The molecule has 3 aromatic rings. The average molecular weight is 452 g/mol. The minimum Gasteiger partial charge on any atom is -0.379 e. The van der Waals surface area contributed by atoms with Gasteiger partial charge in [-0.25, -0.2) is 13.8 Å². The maximum atomic E-state index is 14.2. The predicted octanol–water partition coefficient (Wildman–Crippen LogP) is 4.60. The highest BCUT2D eigenvalue weighted by Gasteiger charge is 2.23. The van der Waals surface area contributed by atoms with Crippen LogP contribution in [-0.2, 0) is 4.74 Å². The number of fused-ring (bicyclic) bond motifs is 1. The van der Waals surface area contributed by atoms with E-state index in [2.05, 4.69) is 9.88 Å². The van der Waals surface area contributed by atoms with E-state index in [1.54, 1.807) is 24.3 Å². The molecule has 9 heteroatoms. The van der Waals surface area contributed by atoms with E-state index >= 15 is 0 Å². The molecule has 2 heterocycles. The molecule has 0 atom stereocenters. The van der Waals surface area contributed by atoms with Gasteiger partial charge in [-0.15, -0.1) is 0 Å². The van der Waals surface area contributed by atoms with E-state index in [-0.39, 0.29) is 11.4 Å². The Bertz CT molecular complexity index is 1060. The molecular formula is C21H20ClF2N3O2S. The third kappa shape index (κ3) is 4.78. The lowest BCUT2D eigenvalue weighted by atomic mass is 10.2. The first-order chi connectivity index (χ1) is 14.5. The van der Waals surface area contributed by atoms with E-state index in [0.29, 0.717) is 46.6 Å². The van der Waals surface area contributed by atoms with Crippen molar-refractivity contribution < 1.29 is 18.3 Å². The van der Waals surface area contributed by atoms with Crippen LogP contribution in [-0.4, -0.2) is 55.2 Å². The normalized spacial score (nSPS) is 14.9. The quantitative estimate of drug-likeness (QED) is 0.549. The van der Waals surface area contributed by atoms with Crippen molar-refractivity contribution in [3.63, 3.8) is 0 Å². The van der Waals surface area contributed by atoms with Crippen molar-refractivity contribution in [2.45, 2.75) is 6.42 Å². The number of amides is 1. The fraction of sp³-hybridized carbons (Fsp3) is 0.333. The second-order valence-electron chi connectivity index (χ2n) is 7.01. The van der Waals surface area contributed by atoms with Crippen molar-refractivity contribution in [2.24, 2.45) is 0 Å². The number of anilines is 1. The Morgan fingerprint density at radius 2 is 2.03 bits per heavy atom. The average Bonchev–Trinajstić information content (AvgIpc) is 3.15. The molecule has 0 unspecified atom stereocenters. The second-order valence-corrected chi connectivity index (χ2v) is 8.45. The minimum absolute atomic E-state index is 0.0634. The molecule has 2 aromatic carbocycles. The first-order valence-electron chi connectivity index (χ1n) is 9.64. The van der Waals surface area contributed by atoms with Gasteiger partial charge in [0.25, 0.3) is 5.91 Å². The molecule has 0 saturated carbocycles. The van der Waals surface area contributed by atoms with Crippen molar-refractivity contribution >= 4 is 44.2 Å². The maximum Gasteiger partial charge on any atom is 0.260 e. The Balaban J connectivity index is 1.60. The van der Waals surface area contributed by atoms with Gasteiger partial charge in [-0.1, -0.05) is 29.0 Å². The summed E-state index contributed by atoms with van der Waals surface area (Å²) >= 11 is 7.15.